The summed E-state index contributed by atoms with van der Waals surface area (Å²) in [5.74, 6) is 3.25. The van der Waals surface area contributed by atoms with Crippen molar-refractivity contribution in [2.75, 3.05) is 34.9 Å². The fourth-order valence-corrected chi connectivity index (χ4v) is 3.42. The van der Waals surface area contributed by atoms with Gasteiger partial charge in [-0.15, -0.1) is 0 Å². The Morgan fingerprint density at radius 1 is 1.10 bits per heavy atom. The van der Waals surface area contributed by atoms with Gasteiger partial charge in [-0.3, -0.25) is 4.99 Å². The van der Waals surface area contributed by atoms with Crippen molar-refractivity contribution in [2.24, 2.45) is 4.99 Å². The Morgan fingerprint density at radius 2 is 1.87 bits per heavy atom. The van der Waals surface area contributed by atoms with Gasteiger partial charge in [0.1, 0.15) is 5.82 Å². The molecule has 0 saturated heterocycles. The van der Waals surface area contributed by atoms with E-state index in [1.54, 1.807) is 21.3 Å². The van der Waals surface area contributed by atoms with Gasteiger partial charge in [0, 0.05) is 20.6 Å². The van der Waals surface area contributed by atoms with Crippen LogP contribution in [-0.4, -0.2) is 55.7 Å². The number of methoxy groups -OCH3 is 2. The lowest BCUT2D eigenvalue weighted by molar-refractivity contribution is 0.354. The van der Waals surface area contributed by atoms with Gasteiger partial charge in [0.05, 0.1) is 32.7 Å². The summed E-state index contributed by atoms with van der Waals surface area (Å²) in [6, 6.07) is 16.2. The van der Waals surface area contributed by atoms with Crippen LogP contribution in [0.4, 0.5) is 0 Å². The molecule has 1 aromatic heterocycles. The first kappa shape index (κ1) is 22.2. The Bertz CT molecular complexity index is 985. The Morgan fingerprint density at radius 3 is 2.58 bits per heavy atom. The van der Waals surface area contributed by atoms with Gasteiger partial charge in [-0.05, 0) is 36.1 Å². The first-order valence-electron chi connectivity index (χ1n) is 10.4. The zero-order valence-corrected chi connectivity index (χ0v) is 18.7. The normalized spacial score (nSPS) is 11.3. The molecule has 0 fully saturated rings. The molecule has 0 atom stereocenters. The van der Waals surface area contributed by atoms with E-state index < -0.39 is 0 Å². The van der Waals surface area contributed by atoms with Gasteiger partial charge < -0.3 is 24.7 Å². The van der Waals surface area contributed by atoms with Gasteiger partial charge in [0.25, 0.3) is 0 Å². The van der Waals surface area contributed by atoms with E-state index in [0.717, 1.165) is 53.9 Å². The van der Waals surface area contributed by atoms with E-state index in [1.165, 1.54) is 5.56 Å². The fourth-order valence-electron chi connectivity index (χ4n) is 3.42. The number of benzene rings is 2. The number of aromatic nitrogens is 2. The molecule has 7 heteroatoms. The number of aromatic amines is 1. The molecule has 3 aromatic rings. The number of aliphatic imine (C=N–C) groups is 1. The highest BCUT2D eigenvalue weighted by molar-refractivity contribution is 5.79. The second kappa shape index (κ2) is 11.1. The Labute approximate surface area is 184 Å². The van der Waals surface area contributed by atoms with Crippen LogP contribution < -0.4 is 14.8 Å². The first-order valence-corrected chi connectivity index (χ1v) is 10.4. The maximum absolute atomic E-state index is 5.38. The summed E-state index contributed by atoms with van der Waals surface area (Å²) in [4.78, 5) is 14.4. The van der Waals surface area contributed by atoms with Crippen LogP contribution in [0.5, 0.6) is 11.5 Å². The standard InChI is InChI=1S/C24H31N5O2/c1-25-24(26-14-8-9-18-12-13-21(30-3)22(15-18)31-4)29(2)17-23-27-16-20(28-23)19-10-6-5-7-11-19/h5-7,10-13,15-16H,8-9,14,17H2,1-4H3,(H,25,26)(H,27,28). The number of imidazole rings is 1. The van der Waals surface area contributed by atoms with Crippen molar-refractivity contribution < 1.29 is 9.47 Å². The van der Waals surface area contributed by atoms with Crippen molar-refractivity contribution in [1.82, 2.24) is 20.2 Å². The molecule has 0 spiro atoms. The molecular weight excluding hydrogens is 390 g/mol. The summed E-state index contributed by atoms with van der Waals surface area (Å²) in [6.07, 6.45) is 3.78. The van der Waals surface area contributed by atoms with Gasteiger partial charge in [0.2, 0.25) is 0 Å². The maximum Gasteiger partial charge on any atom is 0.193 e. The summed E-state index contributed by atoms with van der Waals surface area (Å²) in [7, 11) is 7.11. The van der Waals surface area contributed by atoms with E-state index in [4.69, 9.17) is 9.47 Å². The molecule has 3 rings (SSSR count). The molecule has 2 N–H and O–H groups in total. The number of nitrogens with zero attached hydrogens (tertiary/aromatic N) is 3. The third kappa shape index (κ3) is 6.01. The van der Waals surface area contributed by atoms with E-state index in [1.807, 2.05) is 43.6 Å². The minimum absolute atomic E-state index is 0.641. The lowest BCUT2D eigenvalue weighted by Gasteiger charge is -2.21. The summed E-state index contributed by atoms with van der Waals surface area (Å²) in [6.45, 7) is 1.46. The fraction of sp³-hybridized carbons (Fsp3) is 0.333. The lowest BCUT2D eigenvalue weighted by atomic mass is 10.1. The highest BCUT2D eigenvalue weighted by Crippen LogP contribution is 2.27. The second-order valence-corrected chi connectivity index (χ2v) is 7.23. The van der Waals surface area contributed by atoms with Crippen molar-refractivity contribution in [2.45, 2.75) is 19.4 Å². The number of nitrogens with one attached hydrogen (secondary N) is 2. The van der Waals surface area contributed by atoms with Crippen LogP contribution in [0.15, 0.2) is 59.7 Å². The molecular formula is C24H31N5O2. The number of rotatable bonds is 9. The smallest absolute Gasteiger partial charge is 0.193 e. The Balaban J connectivity index is 1.48. The van der Waals surface area contributed by atoms with E-state index >= 15 is 0 Å². The third-order valence-corrected chi connectivity index (χ3v) is 5.05. The van der Waals surface area contributed by atoms with Gasteiger partial charge in [-0.1, -0.05) is 36.4 Å². The quantitative estimate of drug-likeness (QED) is 0.313. The number of ether oxygens (including phenoxy) is 2. The average Bonchev–Trinajstić information content (AvgIpc) is 3.27. The topological polar surface area (TPSA) is 74.8 Å². The number of aryl methyl sites for hydroxylation is 1. The minimum Gasteiger partial charge on any atom is -0.493 e. The van der Waals surface area contributed by atoms with Crippen LogP contribution in [0, 0.1) is 0 Å². The highest BCUT2D eigenvalue weighted by Gasteiger charge is 2.10. The highest BCUT2D eigenvalue weighted by atomic mass is 16.5. The molecule has 31 heavy (non-hydrogen) atoms. The molecule has 1 heterocycles. The lowest BCUT2D eigenvalue weighted by Crippen LogP contribution is -2.39. The van der Waals surface area contributed by atoms with E-state index in [-0.39, 0.29) is 0 Å². The molecule has 0 aliphatic carbocycles. The molecule has 0 bridgehead atoms. The monoisotopic (exact) mass is 421 g/mol. The van der Waals surface area contributed by atoms with Crippen molar-refractivity contribution in [3.05, 3.63) is 66.1 Å². The molecule has 0 radical (unpaired) electrons. The van der Waals surface area contributed by atoms with Crippen LogP contribution >= 0.6 is 0 Å². The van der Waals surface area contributed by atoms with Crippen molar-refractivity contribution in [3.8, 4) is 22.8 Å². The third-order valence-electron chi connectivity index (χ3n) is 5.05. The van der Waals surface area contributed by atoms with E-state index in [9.17, 15) is 0 Å². The molecule has 0 aliphatic rings. The van der Waals surface area contributed by atoms with Gasteiger partial charge in [-0.2, -0.15) is 0 Å². The molecule has 0 saturated carbocycles. The number of guanidine groups is 1. The Hall–Kier alpha value is -3.48. The number of hydrogen-bond acceptors (Lipinski definition) is 4. The predicted octanol–water partition coefficient (Wildman–Crippen LogP) is 3.73. The molecule has 2 aromatic carbocycles. The van der Waals surface area contributed by atoms with Crippen LogP contribution in [-0.2, 0) is 13.0 Å². The van der Waals surface area contributed by atoms with Crippen molar-refractivity contribution in [1.29, 1.82) is 0 Å². The zero-order chi connectivity index (χ0) is 22.1. The maximum atomic E-state index is 5.38. The summed E-state index contributed by atoms with van der Waals surface area (Å²) < 4.78 is 10.7. The van der Waals surface area contributed by atoms with Crippen LogP contribution in [0.2, 0.25) is 0 Å². The summed E-state index contributed by atoms with van der Waals surface area (Å²) in [5.41, 5.74) is 3.36. The zero-order valence-electron chi connectivity index (χ0n) is 18.7. The van der Waals surface area contributed by atoms with Crippen LogP contribution in [0.1, 0.15) is 17.8 Å². The first-order chi connectivity index (χ1) is 15.1. The summed E-state index contributed by atoms with van der Waals surface area (Å²) >= 11 is 0. The second-order valence-electron chi connectivity index (χ2n) is 7.23. The van der Waals surface area contributed by atoms with Crippen molar-refractivity contribution >= 4 is 5.96 Å². The van der Waals surface area contributed by atoms with Crippen LogP contribution in [0.3, 0.4) is 0 Å². The van der Waals surface area contributed by atoms with Gasteiger partial charge >= 0.3 is 0 Å². The molecule has 164 valence electrons. The molecule has 0 unspecified atom stereocenters. The largest absolute Gasteiger partial charge is 0.493 e. The average molecular weight is 422 g/mol. The molecule has 7 nitrogen and oxygen atoms in total. The number of H-pyrrole nitrogens is 1. The van der Waals surface area contributed by atoms with Gasteiger partial charge in [-0.25, -0.2) is 4.98 Å². The Kier molecular flexibility index (Phi) is 7.92. The summed E-state index contributed by atoms with van der Waals surface area (Å²) in [5, 5.41) is 3.43. The van der Waals surface area contributed by atoms with Crippen LogP contribution in [0.25, 0.3) is 11.3 Å². The number of hydrogen-bond donors (Lipinski definition) is 2. The SMILES string of the molecule is CN=C(NCCCc1ccc(OC)c(OC)c1)N(C)Cc1ncc(-c2ccccc2)[nH]1. The van der Waals surface area contributed by atoms with E-state index in [2.05, 4.69) is 43.4 Å². The minimum atomic E-state index is 0.641. The van der Waals surface area contributed by atoms with Crippen molar-refractivity contribution in [3.63, 3.8) is 0 Å². The molecule has 0 amide bonds. The van der Waals surface area contributed by atoms with E-state index in [0.29, 0.717) is 6.54 Å². The molecule has 0 aliphatic heterocycles. The predicted molar refractivity (Wildman–Crippen MR) is 125 cm³/mol. The van der Waals surface area contributed by atoms with Gasteiger partial charge in [0.15, 0.2) is 17.5 Å².